The van der Waals surface area contributed by atoms with E-state index in [0.717, 1.165) is 18.7 Å². The SMILES string of the molecule is Cn1cc(C(=O)c2ccc3c(c2)CNC3)cn1. The lowest BCUT2D eigenvalue weighted by atomic mass is 10.0. The van der Waals surface area contributed by atoms with E-state index in [1.807, 2.05) is 25.2 Å². The van der Waals surface area contributed by atoms with Gasteiger partial charge in [-0.1, -0.05) is 12.1 Å². The molecule has 1 aliphatic heterocycles. The number of benzene rings is 1. The molecular formula is C13H13N3O. The van der Waals surface area contributed by atoms with Crippen molar-refractivity contribution in [1.82, 2.24) is 15.1 Å². The summed E-state index contributed by atoms with van der Waals surface area (Å²) in [6.07, 6.45) is 3.35. The zero-order valence-corrected chi connectivity index (χ0v) is 9.60. The Labute approximate surface area is 99.3 Å². The number of nitrogens with zero attached hydrogens (tertiary/aromatic N) is 2. The summed E-state index contributed by atoms with van der Waals surface area (Å²) in [5, 5.41) is 7.29. The molecule has 0 saturated heterocycles. The Hall–Kier alpha value is -1.94. The molecule has 0 saturated carbocycles. The molecule has 0 fully saturated rings. The van der Waals surface area contributed by atoms with E-state index in [4.69, 9.17) is 0 Å². The Morgan fingerprint density at radius 1 is 1.29 bits per heavy atom. The minimum absolute atomic E-state index is 0.0350. The Morgan fingerprint density at radius 3 is 2.88 bits per heavy atom. The highest BCUT2D eigenvalue weighted by atomic mass is 16.1. The molecule has 0 radical (unpaired) electrons. The lowest BCUT2D eigenvalue weighted by molar-refractivity contribution is 0.103. The minimum atomic E-state index is 0.0350. The lowest BCUT2D eigenvalue weighted by Crippen LogP contribution is -2.01. The number of hydrogen-bond acceptors (Lipinski definition) is 3. The number of nitrogens with one attached hydrogen (secondary N) is 1. The number of rotatable bonds is 2. The number of ketones is 1. The maximum absolute atomic E-state index is 12.2. The molecule has 2 heterocycles. The second-order valence-corrected chi connectivity index (χ2v) is 4.32. The van der Waals surface area contributed by atoms with Crippen LogP contribution in [0.1, 0.15) is 27.0 Å². The van der Waals surface area contributed by atoms with Gasteiger partial charge in [-0.2, -0.15) is 5.10 Å². The Balaban J connectivity index is 1.97. The Kier molecular flexibility index (Phi) is 2.30. The van der Waals surface area contributed by atoms with Gasteiger partial charge in [0.2, 0.25) is 0 Å². The maximum Gasteiger partial charge on any atom is 0.196 e. The molecule has 1 aliphatic rings. The molecule has 86 valence electrons. The van der Waals surface area contributed by atoms with E-state index in [1.54, 1.807) is 17.1 Å². The summed E-state index contributed by atoms with van der Waals surface area (Å²) >= 11 is 0. The van der Waals surface area contributed by atoms with Crippen molar-refractivity contribution in [3.05, 3.63) is 52.8 Å². The van der Waals surface area contributed by atoms with Crippen molar-refractivity contribution in [2.45, 2.75) is 13.1 Å². The third-order valence-corrected chi connectivity index (χ3v) is 3.07. The molecule has 3 rings (SSSR count). The first-order valence-corrected chi connectivity index (χ1v) is 5.60. The van der Waals surface area contributed by atoms with Crippen LogP contribution in [0.4, 0.5) is 0 Å². The average Bonchev–Trinajstić information content (AvgIpc) is 2.95. The molecule has 2 aromatic rings. The van der Waals surface area contributed by atoms with Crippen molar-refractivity contribution in [3.8, 4) is 0 Å². The van der Waals surface area contributed by atoms with Gasteiger partial charge in [0.1, 0.15) is 0 Å². The van der Waals surface area contributed by atoms with Crippen LogP contribution in [0.3, 0.4) is 0 Å². The van der Waals surface area contributed by atoms with Gasteiger partial charge in [0, 0.05) is 31.9 Å². The number of carbonyl (C=O) groups is 1. The fourth-order valence-corrected chi connectivity index (χ4v) is 2.14. The van der Waals surface area contributed by atoms with Crippen LogP contribution >= 0.6 is 0 Å². The van der Waals surface area contributed by atoms with Gasteiger partial charge in [0.15, 0.2) is 5.78 Å². The third-order valence-electron chi connectivity index (χ3n) is 3.07. The Morgan fingerprint density at radius 2 is 2.12 bits per heavy atom. The van der Waals surface area contributed by atoms with Crippen molar-refractivity contribution < 1.29 is 4.79 Å². The summed E-state index contributed by atoms with van der Waals surface area (Å²) in [5.41, 5.74) is 3.88. The molecule has 0 aliphatic carbocycles. The second-order valence-electron chi connectivity index (χ2n) is 4.32. The van der Waals surface area contributed by atoms with E-state index in [1.165, 1.54) is 11.1 Å². The van der Waals surface area contributed by atoms with Crippen LogP contribution in [0.2, 0.25) is 0 Å². The first-order valence-electron chi connectivity index (χ1n) is 5.60. The van der Waals surface area contributed by atoms with Crippen LogP contribution < -0.4 is 5.32 Å². The molecule has 0 atom stereocenters. The van der Waals surface area contributed by atoms with Crippen LogP contribution in [0, 0.1) is 0 Å². The van der Waals surface area contributed by atoms with Crippen LogP contribution in [-0.4, -0.2) is 15.6 Å². The van der Waals surface area contributed by atoms with Gasteiger partial charge >= 0.3 is 0 Å². The molecule has 4 heteroatoms. The van der Waals surface area contributed by atoms with Crippen molar-refractivity contribution in [1.29, 1.82) is 0 Å². The summed E-state index contributed by atoms with van der Waals surface area (Å²) < 4.78 is 1.64. The fraction of sp³-hybridized carbons (Fsp3) is 0.231. The van der Waals surface area contributed by atoms with Gasteiger partial charge in [0.05, 0.1) is 11.8 Å². The molecule has 1 aromatic carbocycles. The molecule has 17 heavy (non-hydrogen) atoms. The fourth-order valence-electron chi connectivity index (χ4n) is 2.14. The van der Waals surface area contributed by atoms with Crippen molar-refractivity contribution in [2.24, 2.45) is 7.05 Å². The third kappa shape index (κ3) is 1.76. The number of carbonyl (C=O) groups excluding carboxylic acids is 1. The van der Waals surface area contributed by atoms with Gasteiger partial charge < -0.3 is 5.32 Å². The molecule has 0 spiro atoms. The van der Waals surface area contributed by atoms with Crippen LogP contribution in [0.15, 0.2) is 30.6 Å². The summed E-state index contributed by atoms with van der Waals surface area (Å²) in [7, 11) is 1.81. The topological polar surface area (TPSA) is 46.9 Å². The second kappa shape index (κ2) is 3.82. The number of hydrogen-bond donors (Lipinski definition) is 1. The zero-order chi connectivity index (χ0) is 11.8. The van der Waals surface area contributed by atoms with Crippen LogP contribution in [0.5, 0.6) is 0 Å². The molecule has 0 unspecified atom stereocenters. The van der Waals surface area contributed by atoms with Crippen molar-refractivity contribution in [2.75, 3.05) is 0 Å². The van der Waals surface area contributed by atoms with Gasteiger partial charge in [-0.25, -0.2) is 0 Å². The predicted octanol–water partition coefficient (Wildman–Crippen LogP) is 1.25. The van der Waals surface area contributed by atoms with E-state index < -0.39 is 0 Å². The van der Waals surface area contributed by atoms with Gasteiger partial charge in [-0.15, -0.1) is 0 Å². The molecular weight excluding hydrogens is 214 g/mol. The van der Waals surface area contributed by atoms with E-state index >= 15 is 0 Å². The normalized spacial score (nSPS) is 13.7. The highest BCUT2D eigenvalue weighted by Crippen LogP contribution is 2.19. The monoisotopic (exact) mass is 227 g/mol. The first-order chi connectivity index (χ1) is 8.24. The smallest absolute Gasteiger partial charge is 0.196 e. The molecule has 4 nitrogen and oxygen atoms in total. The largest absolute Gasteiger partial charge is 0.309 e. The minimum Gasteiger partial charge on any atom is -0.309 e. The van der Waals surface area contributed by atoms with Gasteiger partial charge in [0.25, 0.3) is 0 Å². The van der Waals surface area contributed by atoms with Gasteiger partial charge in [-0.3, -0.25) is 9.48 Å². The van der Waals surface area contributed by atoms with Crippen molar-refractivity contribution >= 4 is 5.78 Å². The quantitative estimate of drug-likeness (QED) is 0.785. The molecule has 1 N–H and O–H groups in total. The molecule has 1 aromatic heterocycles. The van der Waals surface area contributed by atoms with E-state index in [2.05, 4.69) is 10.4 Å². The zero-order valence-electron chi connectivity index (χ0n) is 9.60. The standard InChI is InChI=1S/C13H13N3O/c1-16-8-12(7-15-16)13(17)9-2-3-10-5-14-6-11(10)4-9/h2-4,7-8,14H,5-6H2,1H3. The predicted molar refractivity (Wildman–Crippen MR) is 63.6 cm³/mol. The van der Waals surface area contributed by atoms with Crippen LogP contribution in [0.25, 0.3) is 0 Å². The average molecular weight is 227 g/mol. The number of aromatic nitrogens is 2. The molecule has 0 amide bonds. The lowest BCUT2D eigenvalue weighted by Gasteiger charge is -2.01. The van der Waals surface area contributed by atoms with E-state index in [-0.39, 0.29) is 5.78 Å². The number of aryl methyl sites for hydroxylation is 1. The Bertz CT molecular complexity index is 586. The number of fused-ring (bicyclic) bond motifs is 1. The van der Waals surface area contributed by atoms with Crippen LogP contribution in [-0.2, 0) is 20.1 Å². The van der Waals surface area contributed by atoms with Crippen molar-refractivity contribution in [3.63, 3.8) is 0 Å². The molecule has 0 bridgehead atoms. The summed E-state index contributed by atoms with van der Waals surface area (Å²) in [4.78, 5) is 12.2. The van der Waals surface area contributed by atoms with E-state index in [9.17, 15) is 4.79 Å². The summed E-state index contributed by atoms with van der Waals surface area (Å²) in [5.74, 6) is 0.0350. The highest BCUT2D eigenvalue weighted by Gasteiger charge is 2.15. The highest BCUT2D eigenvalue weighted by molar-refractivity contribution is 6.08. The maximum atomic E-state index is 12.2. The van der Waals surface area contributed by atoms with Gasteiger partial charge in [-0.05, 0) is 17.2 Å². The van der Waals surface area contributed by atoms with E-state index in [0.29, 0.717) is 5.56 Å². The first kappa shape index (κ1) is 10.2. The summed E-state index contributed by atoms with van der Waals surface area (Å²) in [6.45, 7) is 1.75. The summed E-state index contributed by atoms with van der Waals surface area (Å²) in [6, 6.07) is 5.89.